The van der Waals surface area contributed by atoms with E-state index >= 15 is 0 Å². The molecule has 30 heavy (non-hydrogen) atoms. The molecular weight excluding hydrogens is 410 g/mol. The highest BCUT2D eigenvalue weighted by atomic mass is 32.2. The second kappa shape index (κ2) is 9.15. The monoisotopic (exact) mass is 439 g/mol. The molecule has 1 saturated heterocycles. The number of pyridine rings is 1. The number of carbonyl (C=O) groups is 1. The van der Waals surface area contributed by atoms with Crippen LogP contribution in [-0.4, -0.2) is 60.9 Å². The first kappa shape index (κ1) is 22.3. The quantitative estimate of drug-likeness (QED) is 0.505. The van der Waals surface area contributed by atoms with Gasteiger partial charge in [-0.25, -0.2) is 13.4 Å². The predicted octanol–water partition coefficient (Wildman–Crippen LogP) is 1.72. The molecule has 0 aromatic carbocycles. The van der Waals surface area contributed by atoms with Gasteiger partial charge in [0.2, 0.25) is 5.91 Å². The van der Waals surface area contributed by atoms with Crippen molar-refractivity contribution < 1.29 is 18.1 Å². The minimum Gasteiger partial charge on any atom is -0.377 e. The number of carbonyl (C=O) groups excluding carboxylic acids is 1. The van der Waals surface area contributed by atoms with Gasteiger partial charge < -0.3 is 15.5 Å². The van der Waals surface area contributed by atoms with Crippen molar-refractivity contribution in [2.45, 2.75) is 51.6 Å². The lowest BCUT2D eigenvalue weighted by Crippen LogP contribution is -2.40. The average molecular weight is 440 g/mol. The fourth-order valence-corrected chi connectivity index (χ4v) is 5.14. The number of rotatable bonds is 6. The number of amides is 1. The molecule has 0 bridgehead atoms. The second-order valence-electron chi connectivity index (χ2n) is 8.31. The van der Waals surface area contributed by atoms with Gasteiger partial charge in [0.1, 0.15) is 17.7 Å². The van der Waals surface area contributed by atoms with Gasteiger partial charge in [0.15, 0.2) is 9.84 Å². The van der Waals surface area contributed by atoms with Crippen molar-refractivity contribution >= 4 is 32.9 Å². The summed E-state index contributed by atoms with van der Waals surface area (Å²) in [6.45, 7) is 4.51. The van der Waals surface area contributed by atoms with Crippen LogP contribution in [0.25, 0.3) is 0 Å². The zero-order valence-corrected chi connectivity index (χ0v) is 18.2. The van der Waals surface area contributed by atoms with Crippen molar-refractivity contribution in [1.82, 2.24) is 10.3 Å². The summed E-state index contributed by atoms with van der Waals surface area (Å²) in [5.74, 6) is 0.681. The summed E-state index contributed by atoms with van der Waals surface area (Å²) in [5, 5.41) is 17.7. The van der Waals surface area contributed by atoms with Crippen LogP contribution in [0.3, 0.4) is 0 Å². The highest BCUT2D eigenvalue weighted by Crippen LogP contribution is 2.32. The number of sulfone groups is 1. The van der Waals surface area contributed by atoms with Crippen LogP contribution >= 0.6 is 0 Å². The van der Waals surface area contributed by atoms with Crippen LogP contribution in [0.2, 0.25) is 0 Å². The first-order chi connectivity index (χ1) is 14.1. The second-order valence-corrected chi connectivity index (χ2v) is 10.6. The third-order valence-corrected chi connectivity index (χ3v) is 7.23. The molecule has 2 fully saturated rings. The summed E-state index contributed by atoms with van der Waals surface area (Å²) >= 11 is 0. The molecule has 1 aliphatic carbocycles. The third kappa shape index (κ3) is 5.59. The Kier molecular flexibility index (Phi) is 6.79. The molecule has 1 amide bonds. The fourth-order valence-electron chi connectivity index (χ4n) is 3.93. The van der Waals surface area contributed by atoms with Gasteiger partial charge in [0.05, 0.1) is 16.4 Å². The fraction of sp³-hybridized carbons (Fsp3) is 0.684. The minimum absolute atomic E-state index is 0.0243. The van der Waals surface area contributed by atoms with Crippen molar-refractivity contribution in [3.8, 4) is 0 Å². The van der Waals surface area contributed by atoms with E-state index in [0.29, 0.717) is 24.6 Å². The number of hydrogen-bond acceptors (Lipinski definition) is 8. The van der Waals surface area contributed by atoms with Crippen LogP contribution in [0.15, 0.2) is 12.3 Å². The van der Waals surface area contributed by atoms with Crippen LogP contribution < -0.4 is 15.5 Å². The summed E-state index contributed by atoms with van der Waals surface area (Å²) in [6, 6.07) is 1.77. The number of nitrogens with zero attached hydrogens (tertiary/aromatic N) is 3. The van der Waals surface area contributed by atoms with Gasteiger partial charge in [-0.15, -0.1) is 0 Å². The van der Waals surface area contributed by atoms with Gasteiger partial charge in [0, 0.05) is 37.2 Å². The van der Waals surface area contributed by atoms with E-state index in [0.717, 1.165) is 25.7 Å². The lowest BCUT2D eigenvalue weighted by molar-refractivity contribution is -0.384. The lowest BCUT2D eigenvalue weighted by Gasteiger charge is -2.30. The Labute approximate surface area is 176 Å². The van der Waals surface area contributed by atoms with Crippen molar-refractivity contribution in [3.63, 3.8) is 0 Å². The van der Waals surface area contributed by atoms with Crippen LogP contribution in [0, 0.1) is 16.0 Å². The topological polar surface area (TPSA) is 135 Å². The molecule has 1 aliphatic heterocycles. The average Bonchev–Trinajstić information content (AvgIpc) is 2.67. The highest BCUT2D eigenvalue weighted by molar-refractivity contribution is 7.91. The van der Waals surface area contributed by atoms with Gasteiger partial charge in [-0.05, 0) is 39.5 Å². The van der Waals surface area contributed by atoms with Crippen LogP contribution in [0.1, 0.15) is 39.5 Å². The van der Waals surface area contributed by atoms with E-state index < -0.39 is 14.8 Å². The molecule has 3 rings (SSSR count). The van der Waals surface area contributed by atoms with Crippen LogP contribution in [-0.2, 0) is 14.6 Å². The molecule has 0 atom stereocenters. The van der Waals surface area contributed by atoms with Gasteiger partial charge in [0.25, 0.3) is 0 Å². The van der Waals surface area contributed by atoms with Crippen LogP contribution in [0.5, 0.6) is 0 Å². The van der Waals surface area contributed by atoms with Gasteiger partial charge >= 0.3 is 5.69 Å². The SMILES string of the molecule is CC(C)NC(=O)[C@H]1CC[C@@H](Nc2cc(N3CCS(=O)(=O)CC3)ncc2[N+](=O)[O-])CC1. The Morgan fingerprint density at radius 2 is 1.87 bits per heavy atom. The first-order valence-electron chi connectivity index (χ1n) is 10.3. The molecule has 1 aromatic heterocycles. The number of aromatic nitrogens is 1. The molecule has 1 saturated carbocycles. The maximum absolute atomic E-state index is 12.2. The Morgan fingerprint density at radius 1 is 1.23 bits per heavy atom. The molecule has 2 aliphatic rings. The van der Waals surface area contributed by atoms with Gasteiger partial charge in [-0.1, -0.05) is 0 Å². The maximum atomic E-state index is 12.2. The largest absolute Gasteiger partial charge is 0.377 e. The lowest BCUT2D eigenvalue weighted by atomic mass is 9.85. The summed E-state index contributed by atoms with van der Waals surface area (Å²) < 4.78 is 23.3. The van der Waals surface area contributed by atoms with E-state index in [9.17, 15) is 23.3 Å². The molecular formula is C19H29N5O5S. The molecule has 1 aromatic rings. The highest BCUT2D eigenvalue weighted by Gasteiger charge is 2.29. The Balaban J connectivity index is 1.67. The Bertz CT molecular complexity index is 883. The third-order valence-electron chi connectivity index (χ3n) is 5.62. The smallest absolute Gasteiger partial charge is 0.310 e. The van der Waals surface area contributed by atoms with E-state index in [1.807, 2.05) is 18.7 Å². The summed E-state index contributed by atoms with van der Waals surface area (Å²) in [4.78, 5) is 29.2. The normalized spacial score (nSPS) is 23.8. The van der Waals surface area contributed by atoms with E-state index in [2.05, 4.69) is 15.6 Å². The van der Waals surface area contributed by atoms with Crippen molar-refractivity contribution in [2.75, 3.05) is 34.8 Å². The number of nitro groups is 1. The van der Waals surface area contributed by atoms with Crippen molar-refractivity contribution in [2.24, 2.45) is 5.92 Å². The zero-order valence-electron chi connectivity index (χ0n) is 17.3. The van der Waals surface area contributed by atoms with E-state index in [1.165, 1.54) is 6.20 Å². The molecule has 0 radical (unpaired) electrons. The van der Waals surface area contributed by atoms with Gasteiger partial charge in [-0.3, -0.25) is 14.9 Å². The Morgan fingerprint density at radius 3 is 2.43 bits per heavy atom. The maximum Gasteiger partial charge on any atom is 0.310 e. The summed E-state index contributed by atoms with van der Waals surface area (Å²) in [7, 11) is -3.02. The molecule has 2 heterocycles. The standard InChI is InChI=1S/C19H29N5O5S/c1-13(2)21-19(25)14-3-5-15(6-4-14)22-16-11-18(20-12-17(16)24(26)27)23-7-9-30(28,29)10-8-23/h11-15H,3-10H2,1-2H3,(H,20,22)(H,21,25)/t14-,15+. The predicted molar refractivity (Wildman–Crippen MR) is 114 cm³/mol. The molecule has 0 spiro atoms. The first-order valence-corrected chi connectivity index (χ1v) is 12.1. The van der Waals surface area contributed by atoms with Crippen molar-refractivity contribution in [3.05, 3.63) is 22.4 Å². The summed E-state index contributed by atoms with van der Waals surface area (Å²) in [5.41, 5.74) is 0.275. The molecule has 10 nitrogen and oxygen atoms in total. The molecule has 166 valence electrons. The number of hydrogen-bond donors (Lipinski definition) is 2. The number of nitrogens with one attached hydrogen (secondary N) is 2. The van der Waals surface area contributed by atoms with Gasteiger partial charge in [-0.2, -0.15) is 0 Å². The molecule has 2 N–H and O–H groups in total. The minimum atomic E-state index is -3.02. The van der Waals surface area contributed by atoms with Crippen LogP contribution in [0.4, 0.5) is 17.2 Å². The van der Waals surface area contributed by atoms with Crippen molar-refractivity contribution in [1.29, 1.82) is 0 Å². The zero-order chi connectivity index (χ0) is 21.9. The summed E-state index contributed by atoms with van der Waals surface area (Å²) in [6.07, 6.45) is 4.17. The van der Waals surface area contributed by atoms with E-state index in [1.54, 1.807) is 6.07 Å². The van der Waals surface area contributed by atoms with E-state index in [4.69, 9.17) is 0 Å². The molecule has 11 heteroatoms. The number of anilines is 2. The Hall–Kier alpha value is -2.43. The molecule has 0 unspecified atom stereocenters. The van der Waals surface area contributed by atoms with E-state index in [-0.39, 0.29) is 41.1 Å².